The third-order valence-electron chi connectivity index (χ3n) is 5.66. The Balaban J connectivity index is 2.02. The van der Waals surface area contributed by atoms with E-state index in [1.54, 1.807) is 24.3 Å². The van der Waals surface area contributed by atoms with Gasteiger partial charge in [0.2, 0.25) is 0 Å². The van der Waals surface area contributed by atoms with E-state index in [1.807, 2.05) is 6.92 Å². The molecule has 0 unspecified atom stereocenters. The lowest BCUT2D eigenvalue weighted by atomic mass is 9.62. The SMILES string of the molecule is Cc1ccc(S(=O)(=O)N/N=C2/CC(C)(C)c3cc(C)c(Br)cc3C2(C)C)cc1. The van der Waals surface area contributed by atoms with Crippen LogP contribution in [-0.4, -0.2) is 14.1 Å². The number of rotatable bonds is 3. The first-order valence-electron chi connectivity index (χ1n) is 9.31. The number of hydrogen-bond donors (Lipinski definition) is 1. The number of benzene rings is 2. The molecular weight excluding hydrogens is 436 g/mol. The number of hydrazone groups is 1. The normalized spacial score (nSPS) is 19.3. The molecule has 1 aliphatic rings. The number of aryl methyl sites for hydroxylation is 2. The predicted molar refractivity (Wildman–Crippen MR) is 118 cm³/mol. The van der Waals surface area contributed by atoms with Crippen LogP contribution in [0.15, 0.2) is 50.9 Å². The van der Waals surface area contributed by atoms with Crippen molar-refractivity contribution in [3.8, 4) is 0 Å². The predicted octanol–water partition coefficient (Wildman–Crippen LogP) is 5.36. The molecule has 2 aromatic rings. The third kappa shape index (κ3) is 3.77. The minimum absolute atomic E-state index is 0.134. The Hall–Kier alpha value is -1.66. The molecule has 0 amide bonds. The summed E-state index contributed by atoms with van der Waals surface area (Å²) in [6.07, 6.45) is 0.685. The molecule has 1 N–H and O–H groups in total. The van der Waals surface area contributed by atoms with E-state index in [4.69, 9.17) is 0 Å². The van der Waals surface area contributed by atoms with Gasteiger partial charge in [-0.2, -0.15) is 13.5 Å². The van der Waals surface area contributed by atoms with Crippen molar-refractivity contribution in [2.24, 2.45) is 5.10 Å². The van der Waals surface area contributed by atoms with Crippen LogP contribution in [0.2, 0.25) is 0 Å². The highest BCUT2D eigenvalue weighted by molar-refractivity contribution is 9.10. The molecule has 0 aliphatic heterocycles. The monoisotopic (exact) mass is 462 g/mol. The molecule has 150 valence electrons. The maximum absolute atomic E-state index is 12.7. The Bertz CT molecular complexity index is 1050. The first-order chi connectivity index (χ1) is 12.8. The van der Waals surface area contributed by atoms with E-state index in [1.165, 1.54) is 16.7 Å². The van der Waals surface area contributed by atoms with E-state index in [2.05, 4.69) is 72.6 Å². The van der Waals surface area contributed by atoms with Crippen LogP contribution in [-0.2, 0) is 20.9 Å². The number of nitrogens with one attached hydrogen (secondary N) is 1. The van der Waals surface area contributed by atoms with Crippen molar-refractivity contribution in [1.29, 1.82) is 0 Å². The summed E-state index contributed by atoms with van der Waals surface area (Å²) >= 11 is 3.64. The fraction of sp³-hybridized carbons (Fsp3) is 0.409. The molecule has 0 saturated heterocycles. The van der Waals surface area contributed by atoms with Crippen LogP contribution in [0.5, 0.6) is 0 Å². The smallest absolute Gasteiger partial charge is 0.200 e. The summed E-state index contributed by atoms with van der Waals surface area (Å²) < 4.78 is 26.4. The maximum Gasteiger partial charge on any atom is 0.276 e. The molecule has 2 aromatic carbocycles. The summed E-state index contributed by atoms with van der Waals surface area (Å²) in [5.74, 6) is 0. The van der Waals surface area contributed by atoms with Gasteiger partial charge in [-0.15, -0.1) is 0 Å². The molecule has 4 nitrogen and oxygen atoms in total. The van der Waals surface area contributed by atoms with Crippen LogP contribution in [0.3, 0.4) is 0 Å². The van der Waals surface area contributed by atoms with Crippen molar-refractivity contribution in [3.05, 3.63) is 63.1 Å². The van der Waals surface area contributed by atoms with Crippen molar-refractivity contribution >= 4 is 31.7 Å². The standard InChI is InChI=1S/C22H27BrN2O2S/c1-14-7-9-16(10-8-14)28(26,27)25-24-20-13-21(3,4)17-11-15(2)19(23)12-18(17)22(20,5)6/h7-12,25H,13H2,1-6H3/b24-20-. The van der Waals surface area contributed by atoms with Gasteiger partial charge in [0.25, 0.3) is 10.0 Å². The van der Waals surface area contributed by atoms with E-state index in [0.717, 1.165) is 15.7 Å². The summed E-state index contributed by atoms with van der Waals surface area (Å²) in [5.41, 5.74) is 4.99. The molecular formula is C22H27BrN2O2S. The minimum atomic E-state index is -3.70. The van der Waals surface area contributed by atoms with Gasteiger partial charge in [-0.3, -0.25) is 0 Å². The second kappa shape index (κ2) is 6.99. The minimum Gasteiger partial charge on any atom is -0.200 e. The number of sulfonamides is 1. The summed E-state index contributed by atoms with van der Waals surface area (Å²) in [6.45, 7) is 12.6. The average molecular weight is 463 g/mol. The van der Waals surface area contributed by atoms with E-state index >= 15 is 0 Å². The van der Waals surface area contributed by atoms with E-state index < -0.39 is 10.0 Å². The molecule has 28 heavy (non-hydrogen) atoms. The Labute approximate surface area is 176 Å². The summed E-state index contributed by atoms with van der Waals surface area (Å²) in [6, 6.07) is 11.1. The molecule has 0 atom stereocenters. The fourth-order valence-corrected chi connectivity index (χ4v) is 4.89. The van der Waals surface area contributed by atoms with Gasteiger partial charge in [-0.25, -0.2) is 4.83 Å². The van der Waals surface area contributed by atoms with E-state index in [-0.39, 0.29) is 15.7 Å². The quantitative estimate of drug-likeness (QED) is 0.623. The van der Waals surface area contributed by atoms with Crippen molar-refractivity contribution in [3.63, 3.8) is 0 Å². The van der Waals surface area contributed by atoms with Gasteiger partial charge < -0.3 is 0 Å². The fourth-order valence-electron chi connectivity index (χ4n) is 3.71. The Morgan fingerprint density at radius 1 is 1.00 bits per heavy atom. The number of fused-ring (bicyclic) bond motifs is 1. The number of halogens is 1. The molecule has 0 fully saturated rings. The number of nitrogens with zero attached hydrogens (tertiary/aromatic N) is 1. The van der Waals surface area contributed by atoms with Crippen molar-refractivity contribution in [2.75, 3.05) is 0 Å². The van der Waals surface area contributed by atoms with Crippen LogP contribution in [0.1, 0.15) is 56.4 Å². The maximum atomic E-state index is 12.7. The lowest BCUT2D eigenvalue weighted by Gasteiger charge is -2.43. The Morgan fingerprint density at radius 3 is 2.21 bits per heavy atom. The summed E-state index contributed by atoms with van der Waals surface area (Å²) in [5, 5.41) is 4.42. The highest BCUT2D eigenvalue weighted by Crippen LogP contribution is 2.45. The molecule has 6 heteroatoms. The zero-order valence-corrected chi connectivity index (χ0v) is 19.6. The van der Waals surface area contributed by atoms with Crippen LogP contribution in [0.25, 0.3) is 0 Å². The zero-order chi connectivity index (χ0) is 20.9. The Kier molecular flexibility index (Phi) is 5.26. The molecule has 3 rings (SSSR count). The third-order valence-corrected chi connectivity index (χ3v) is 7.74. The van der Waals surface area contributed by atoms with E-state index in [0.29, 0.717) is 6.42 Å². The van der Waals surface area contributed by atoms with Gasteiger partial charge in [0.1, 0.15) is 0 Å². The van der Waals surface area contributed by atoms with Gasteiger partial charge in [0.05, 0.1) is 4.90 Å². The molecule has 0 spiro atoms. The number of hydrogen-bond acceptors (Lipinski definition) is 3. The lowest BCUT2D eigenvalue weighted by molar-refractivity contribution is 0.481. The van der Waals surface area contributed by atoms with Crippen LogP contribution in [0.4, 0.5) is 0 Å². The molecule has 1 aliphatic carbocycles. The van der Waals surface area contributed by atoms with Gasteiger partial charge in [0.15, 0.2) is 0 Å². The highest BCUT2D eigenvalue weighted by Gasteiger charge is 2.42. The zero-order valence-electron chi connectivity index (χ0n) is 17.2. The molecule has 0 bridgehead atoms. The largest absolute Gasteiger partial charge is 0.276 e. The first-order valence-corrected chi connectivity index (χ1v) is 11.6. The van der Waals surface area contributed by atoms with Crippen molar-refractivity contribution in [1.82, 2.24) is 4.83 Å². The molecule has 0 saturated carbocycles. The van der Waals surface area contributed by atoms with Crippen molar-refractivity contribution in [2.45, 2.75) is 63.7 Å². The van der Waals surface area contributed by atoms with Crippen LogP contribution >= 0.6 is 15.9 Å². The average Bonchev–Trinajstić information content (AvgIpc) is 2.59. The molecule has 0 heterocycles. The highest BCUT2D eigenvalue weighted by atomic mass is 79.9. The lowest BCUT2D eigenvalue weighted by Crippen LogP contribution is -2.43. The second-order valence-corrected chi connectivity index (χ2v) is 11.3. The first kappa shape index (κ1) is 21.1. The summed E-state index contributed by atoms with van der Waals surface area (Å²) in [4.78, 5) is 2.68. The second-order valence-electron chi connectivity index (χ2n) is 8.80. The molecule has 0 radical (unpaired) electrons. The van der Waals surface area contributed by atoms with Crippen LogP contribution < -0.4 is 4.83 Å². The van der Waals surface area contributed by atoms with Crippen molar-refractivity contribution < 1.29 is 8.42 Å². The van der Waals surface area contributed by atoms with Gasteiger partial charge in [-0.05, 0) is 60.6 Å². The summed E-state index contributed by atoms with van der Waals surface area (Å²) in [7, 11) is -3.70. The van der Waals surface area contributed by atoms with Gasteiger partial charge >= 0.3 is 0 Å². The topological polar surface area (TPSA) is 58.5 Å². The van der Waals surface area contributed by atoms with Gasteiger partial charge in [0, 0.05) is 15.6 Å². The molecule has 0 aromatic heterocycles. The Morgan fingerprint density at radius 2 is 1.61 bits per heavy atom. The van der Waals surface area contributed by atoms with Gasteiger partial charge in [-0.1, -0.05) is 67.4 Å². The van der Waals surface area contributed by atoms with E-state index in [9.17, 15) is 8.42 Å². The van der Waals surface area contributed by atoms with Crippen LogP contribution in [0, 0.1) is 13.8 Å².